The van der Waals surface area contributed by atoms with E-state index in [0.717, 1.165) is 48.5 Å². The third-order valence-electron chi connectivity index (χ3n) is 6.42. The Kier molecular flexibility index (Phi) is 7.85. The molecule has 0 aliphatic carbocycles. The molecule has 0 amide bonds. The van der Waals surface area contributed by atoms with Crippen molar-refractivity contribution in [2.45, 2.75) is 17.8 Å². The van der Waals surface area contributed by atoms with Crippen molar-refractivity contribution in [1.29, 1.82) is 0 Å². The van der Waals surface area contributed by atoms with Gasteiger partial charge in [-0.15, -0.1) is 0 Å². The van der Waals surface area contributed by atoms with Gasteiger partial charge in [0.1, 0.15) is 34.5 Å². The monoisotopic (exact) mass is 580 g/mol. The fraction of sp³-hybridized carbons (Fsp3) is 0.0909. The van der Waals surface area contributed by atoms with E-state index in [-0.39, 0.29) is 17.2 Å². The van der Waals surface area contributed by atoms with Crippen molar-refractivity contribution >= 4 is 0 Å². The van der Waals surface area contributed by atoms with Crippen molar-refractivity contribution in [2.75, 3.05) is 0 Å². The average Bonchev–Trinajstić information content (AvgIpc) is 2.95. The lowest BCUT2D eigenvalue weighted by Crippen LogP contribution is -2.54. The van der Waals surface area contributed by atoms with E-state index in [1.807, 2.05) is 6.07 Å². The molecule has 5 aromatic rings. The minimum absolute atomic E-state index is 0.0421. The van der Waals surface area contributed by atoms with E-state index in [1.54, 1.807) is 78.9 Å². The number of benzene rings is 5. The maximum atomic E-state index is 14.6. The molecule has 5 aromatic carbocycles. The first-order valence-electron chi connectivity index (χ1n) is 12.6. The van der Waals surface area contributed by atoms with Crippen LogP contribution in [0.4, 0.5) is 26.3 Å². The van der Waals surface area contributed by atoms with Crippen molar-refractivity contribution in [3.05, 3.63) is 145 Å². The minimum Gasteiger partial charge on any atom is -0.457 e. The summed E-state index contributed by atoms with van der Waals surface area (Å²) in [5, 5.41) is 0. The van der Waals surface area contributed by atoms with Crippen molar-refractivity contribution < 1.29 is 40.6 Å². The van der Waals surface area contributed by atoms with Gasteiger partial charge in [-0.05, 0) is 71.8 Å². The molecule has 5 rings (SSSR count). The molecule has 0 aromatic heterocycles. The molecule has 0 bridgehead atoms. The molecule has 0 heterocycles. The molecular weight excluding hydrogens is 558 g/mol. The van der Waals surface area contributed by atoms with E-state index < -0.39 is 28.9 Å². The molecule has 3 nitrogen and oxygen atoms in total. The van der Waals surface area contributed by atoms with Crippen LogP contribution in [0.25, 0.3) is 0 Å². The molecule has 0 atom stereocenters. The van der Waals surface area contributed by atoms with Crippen LogP contribution >= 0.6 is 0 Å². The summed E-state index contributed by atoms with van der Waals surface area (Å²) in [6.07, 6.45) is -11.4. The summed E-state index contributed by atoms with van der Waals surface area (Å²) < 4.78 is 104. The molecule has 9 heteroatoms. The Labute approximate surface area is 237 Å². The van der Waals surface area contributed by atoms with Crippen LogP contribution in [0.2, 0.25) is 0 Å². The zero-order valence-corrected chi connectivity index (χ0v) is 21.7. The number of alkyl halides is 6. The van der Waals surface area contributed by atoms with Crippen molar-refractivity contribution in [1.82, 2.24) is 0 Å². The predicted molar refractivity (Wildman–Crippen MR) is 145 cm³/mol. The van der Waals surface area contributed by atoms with Crippen LogP contribution in [0.3, 0.4) is 0 Å². The summed E-state index contributed by atoms with van der Waals surface area (Å²) in [7, 11) is 0. The fourth-order valence-corrected chi connectivity index (χ4v) is 4.51. The highest BCUT2D eigenvalue weighted by atomic mass is 19.4. The Morgan fingerprint density at radius 2 is 0.643 bits per heavy atom. The third-order valence-corrected chi connectivity index (χ3v) is 6.42. The van der Waals surface area contributed by atoms with Gasteiger partial charge in [0.2, 0.25) is 5.41 Å². The van der Waals surface area contributed by atoms with Gasteiger partial charge in [0.05, 0.1) is 0 Å². The van der Waals surface area contributed by atoms with Crippen molar-refractivity contribution in [3.63, 3.8) is 0 Å². The summed E-state index contributed by atoms with van der Waals surface area (Å²) in [6, 6.07) is 31.1. The van der Waals surface area contributed by atoms with E-state index in [2.05, 4.69) is 0 Å². The summed E-state index contributed by atoms with van der Waals surface area (Å²) in [5.74, 6) is 1.81. The lowest BCUT2D eigenvalue weighted by molar-refractivity contribution is -0.288. The first-order valence-corrected chi connectivity index (χ1v) is 12.6. The SMILES string of the molecule is FC(F)(F)C(c1ccc(Oc2ccccc2)cc1)(c1ccc(Oc2cccc(Oc3ccccc3)c2)cc1)C(F)(F)F. The number of rotatable bonds is 8. The molecule has 0 radical (unpaired) electrons. The van der Waals surface area contributed by atoms with Crippen LogP contribution in [0.15, 0.2) is 133 Å². The van der Waals surface area contributed by atoms with Crippen LogP contribution in [0.1, 0.15) is 11.1 Å². The Bertz CT molecular complexity index is 1590. The zero-order chi connectivity index (χ0) is 29.8. The Morgan fingerprint density at radius 3 is 1.00 bits per heavy atom. The van der Waals surface area contributed by atoms with Crippen LogP contribution in [0.5, 0.6) is 34.5 Å². The number of hydrogen-bond acceptors (Lipinski definition) is 3. The Balaban J connectivity index is 1.44. The molecule has 0 N–H and O–H groups in total. The largest absolute Gasteiger partial charge is 0.457 e. The number of hydrogen-bond donors (Lipinski definition) is 0. The predicted octanol–water partition coefficient (Wildman–Crippen LogP) is 10.5. The second-order valence-electron chi connectivity index (χ2n) is 9.20. The lowest BCUT2D eigenvalue weighted by atomic mass is 9.73. The zero-order valence-electron chi connectivity index (χ0n) is 21.7. The summed E-state index contributed by atoms with van der Waals surface area (Å²) in [4.78, 5) is 0. The van der Waals surface area contributed by atoms with Crippen LogP contribution in [-0.4, -0.2) is 12.4 Å². The van der Waals surface area contributed by atoms with Gasteiger partial charge < -0.3 is 14.2 Å². The number of ether oxygens (including phenoxy) is 3. The highest BCUT2D eigenvalue weighted by Gasteiger charge is 2.72. The quantitative estimate of drug-likeness (QED) is 0.171. The van der Waals surface area contributed by atoms with Crippen LogP contribution in [0, 0.1) is 0 Å². The van der Waals surface area contributed by atoms with Gasteiger partial charge in [0.15, 0.2) is 0 Å². The molecule has 0 saturated heterocycles. The maximum absolute atomic E-state index is 14.6. The van der Waals surface area contributed by atoms with E-state index in [4.69, 9.17) is 14.2 Å². The first-order chi connectivity index (χ1) is 20.1. The van der Waals surface area contributed by atoms with Gasteiger partial charge in [-0.3, -0.25) is 0 Å². The molecule has 42 heavy (non-hydrogen) atoms. The second kappa shape index (κ2) is 11.5. The van der Waals surface area contributed by atoms with Gasteiger partial charge in [-0.1, -0.05) is 66.7 Å². The standard InChI is InChI=1S/C33H22F6O3/c34-32(35,36)31(33(37,38)39,23-14-18-27(19-15-23)40-25-8-3-1-4-9-25)24-16-20-28(21-17-24)42-30-13-7-12-29(22-30)41-26-10-5-2-6-11-26/h1-22H. The smallest absolute Gasteiger partial charge is 0.411 e. The average molecular weight is 581 g/mol. The van der Waals surface area contributed by atoms with E-state index in [0.29, 0.717) is 17.2 Å². The number of halogens is 6. The van der Waals surface area contributed by atoms with Gasteiger partial charge in [-0.2, -0.15) is 26.3 Å². The van der Waals surface area contributed by atoms with Crippen molar-refractivity contribution in [3.8, 4) is 34.5 Å². The molecule has 0 saturated carbocycles. The molecule has 0 aliphatic rings. The van der Waals surface area contributed by atoms with Crippen LogP contribution in [-0.2, 0) is 5.41 Å². The fourth-order valence-electron chi connectivity index (χ4n) is 4.51. The summed E-state index contributed by atoms with van der Waals surface area (Å²) in [6.45, 7) is 0. The highest BCUT2D eigenvalue weighted by Crippen LogP contribution is 2.56. The molecule has 0 aliphatic heterocycles. The van der Waals surface area contributed by atoms with Gasteiger partial charge in [0.25, 0.3) is 0 Å². The highest BCUT2D eigenvalue weighted by molar-refractivity contribution is 5.48. The van der Waals surface area contributed by atoms with Gasteiger partial charge in [0, 0.05) is 6.07 Å². The van der Waals surface area contributed by atoms with E-state index in [9.17, 15) is 26.3 Å². The summed E-state index contributed by atoms with van der Waals surface area (Å²) in [5.41, 5.74) is -6.30. The molecule has 214 valence electrons. The molecule has 0 spiro atoms. The van der Waals surface area contributed by atoms with Gasteiger partial charge >= 0.3 is 12.4 Å². The lowest BCUT2D eigenvalue weighted by Gasteiger charge is -2.38. The molecule has 0 fully saturated rings. The maximum Gasteiger partial charge on any atom is 0.411 e. The van der Waals surface area contributed by atoms with E-state index >= 15 is 0 Å². The first kappa shape index (κ1) is 28.6. The molecular formula is C33H22F6O3. The van der Waals surface area contributed by atoms with Crippen LogP contribution < -0.4 is 14.2 Å². The Hall–Kier alpha value is -4.92. The van der Waals surface area contributed by atoms with Crippen molar-refractivity contribution in [2.24, 2.45) is 0 Å². The second-order valence-corrected chi connectivity index (χ2v) is 9.20. The van der Waals surface area contributed by atoms with E-state index in [1.165, 1.54) is 0 Å². The number of para-hydroxylation sites is 2. The molecule has 0 unspecified atom stereocenters. The topological polar surface area (TPSA) is 27.7 Å². The minimum atomic E-state index is -5.72. The normalized spacial score (nSPS) is 12.0. The van der Waals surface area contributed by atoms with Gasteiger partial charge in [-0.25, -0.2) is 0 Å². The Morgan fingerprint density at radius 1 is 0.333 bits per heavy atom. The third kappa shape index (κ3) is 5.90. The summed E-state index contributed by atoms with van der Waals surface area (Å²) >= 11 is 0.